The minimum atomic E-state index is -3.97. The predicted octanol–water partition coefficient (Wildman–Crippen LogP) is 1.49. The Bertz CT molecular complexity index is 1280. The molecular formula is C22H25N5O4S. The van der Waals surface area contributed by atoms with Gasteiger partial charge in [-0.05, 0) is 60.4 Å². The van der Waals surface area contributed by atoms with Gasteiger partial charge in [0.25, 0.3) is 15.6 Å². The number of hydrogen-bond donors (Lipinski definition) is 3. The number of anilines is 1. The number of nitrogens with one attached hydrogen (secondary N) is 2. The van der Waals surface area contributed by atoms with E-state index in [-0.39, 0.29) is 29.3 Å². The summed E-state index contributed by atoms with van der Waals surface area (Å²) in [6, 6.07) is 11.4. The molecule has 0 radical (unpaired) electrons. The molecule has 9 nitrogen and oxygen atoms in total. The highest BCUT2D eigenvalue weighted by Crippen LogP contribution is 2.12. The third-order valence-electron chi connectivity index (χ3n) is 4.96. The summed E-state index contributed by atoms with van der Waals surface area (Å²) in [6.07, 6.45) is 3.46. The molecule has 0 spiro atoms. The van der Waals surface area contributed by atoms with Crippen LogP contribution in [-0.2, 0) is 34.2 Å². The highest BCUT2D eigenvalue weighted by Gasteiger charge is 2.18. The van der Waals surface area contributed by atoms with Gasteiger partial charge in [0, 0.05) is 24.5 Å². The van der Waals surface area contributed by atoms with Crippen molar-refractivity contribution in [1.29, 1.82) is 0 Å². The van der Waals surface area contributed by atoms with Gasteiger partial charge in [0.15, 0.2) is 0 Å². The number of aryl methyl sites for hydroxylation is 2. The van der Waals surface area contributed by atoms with Crippen molar-refractivity contribution in [2.75, 3.05) is 10.6 Å². The number of nitrogens with zero attached hydrogens (tertiary/aromatic N) is 2. The lowest BCUT2D eigenvalue weighted by molar-refractivity contribution is -0.120. The molecule has 0 unspecified atom stereocenters. The minimum absolute atomic E-state index is 0.0399. The third kappa shape index (κ3) is 5.52. The number of rotatable bonds is 8. The van der Waals surface area contributed by atoms with Gasteiger partial charge in [0.1, 0.15) is 5.82 Å². The first-order valence-electron chi connectivity index (χ1n) is 9.99. The number of benzene rings is 1. The van der Waals surface area contributed by atoms with Crippen molar-refractivity contribution in [2.45, 2.75) is 38.1 Å². The number of carbonyl (C=O) groups excluding carboxylic acids is 1. The molecule has 32 heavy (non-hydrogen) atoms. The summed E-state index contributed by atoms with van der Waals surface area (Å²) in [6.45, 7) is 3.89. The van der Waals surface area contributed by atoms with Crippen LogP contribution in [0.2, 0.25) is 0 Å². The second-order valence-electron chi connectivity index (χ2n) is 7.29. The molecule has 2 heterocycles. The van der Waals surface area contributed by atoms with Crippen molar-refractivity contribution in [3.63, 3.8) is 0 Å². The second-order valence-corrected chi connectivity index (χ2v) is 8.95. The van der Waals surface area contributed by atoms with Crippen LogP contribution in [0.1, 0.15) is 29.2 Å². The van der Waals surface area contributed by atoms with Gasteiger partial charge in [0.2, 0.25) is 5.91 Å². The molecule has 0 bridgehead atoms. The lowest BCUT2D eigenvalue weighted by Crippen LogP contribution is -2.36. The van der Waals surface area contributed by atoms with Crippen LogP contribution < -0.4 is 21.4 Å². The Morgan fingerprint density at radius 2 is 1.84 bits per heavy atom. The number of sulfonamides is 1. The smallest absolute Gasteiger partial charge is 0.275 e. The SMILES string of the molecule is CCc1ccc(S(=O)(=O)Nn2ccc(C)c(CC(=O)NCc3ccnc(N)c3)c2=O)cc1. The summed E-state index contributed by atoms with van der Waals surface area (Å²) in [5.41, 5.74) is 7.57. The molecule has 0 aliphatic carbocycles. The summed E-state index contributed by atoms with van der Waals surface area (Å²) in [7, 11) is -3.97. The maximum absolute atomic E-state index is 12.9. The summed E-state index contributed by atoms with van der Waals surface area (Å²) in [5.74, 6) is -0.0356. The zero-order valence-electron chi connectivity index (χ0n) is 17.8. The Balaban J connectivity index is 1.76. The number of carbonyl (C=O) groups is 1. The first kappa shape index (κ1) is 23.0. The number of amides is 1. The largest absolute Gasteiger partial charge is 0.384 e. The van der Waals surface area contributed by atoms with Gasteiger partial charge < -0.3 is 11.1 Å². The molecule has 0 aliphatic heterocycles. The van der Waals surface area contributed by atoms with Gasteiger partial charge in [-0.2, -0.15) is 8.42 Å². The second kappa shape index (κ2) is 9.65. The standard InChI is InChI=1S/C22H25N5O4S/c1-3-16-4-6-18(7-5-16)32(30,31)26-27-11-9-15(2)19(22(27)29)13-21(28)25-14-17-8-10-24-20(23)12-17/h4-12,26H,3,13-14H2,1-2H3,(H2,23,24)(H,25,28). The predicted molar refractivity (Wildman–Crippen MR) is 122 cm³/mol. The van der Waals surface area contributed by atoms with E-state index in [2.05, 4.69) is 15.1 Å². The molecule has 1 aromatic carbocycles. The van der Waals surface area contributed by atoms with Crippen LogP contribution in [-0.4, -0.2) is 24.0 Å². The van der Waals surface area contributed by atoms with Gasteiger partial charge in [-0.1, -0.05) is 19.1 Å². The van der Waals surface area contributed by atoms with Gasteiger partial charge in [0.05, 0.1) is 11.3 Å². The zero-order valence-corrected chi connectivity index (χ0v) is 18.6. The maximum atomic E-state index is 12.9. The van der Waals surface area contributed by atoms with Gasteiger partial charge in [-0.15, -0.1) is 0 Å². The van der Waals surface area contributed by atoms with E-state index in [1.807, 2.05) is 6.92 Å². The minimum Gasteiger partial charge on any atom is -0.384 e. The van der Waals surface area contributed by atoms with Gasteiger partial charge in [-0.3, -0.25) is 9.59 Å². The average Bonchev–Trinajstić information content (AvgIpc) is 2.77. The molecule has 4 N–H and O–H groups in total. The van der Waals surface area contributed by atoms with E-state index in [4.69, 9.17) is 5.73 Å². The zero-order chi connectivity index (χ0) is 23.3. The van der Waals surface area contributed by atoms with E-state index in [9.17, 15) is 18.0 Å². The highest BCUT2D eigenvalue weighted by atomic mass is 32.2. The van der Waals surface area contributed by atoms with Crippen molar-refractivity contribution in [2.24, 2.45) is 0 Å². The molecular weight excluding hydrogens is 430 g/mol. The highest BCUT2D eigenvalue weighted by molar-refractivity contribution is 7.92. The van der Waals surface area contributed by atoms with Crippen LogP contribution in [0, 0.1) is 6.92 Å². The van der Waals surface area contributed by atoms with Crippen LogP contribution in [0.3, 0.4) is 0 Å². The molecule has 0 saturated heterocycles. The van der Waals surface area contributed by atoms with E-state index < -0.39 is 15.6 Å². The van der Waals surface area contributed by atoms with E-state index in [1.54, 1.807) is 43.5 Å². The summed E-state index contributed by atoms with van der Waals surface area (Å²) >= 11 is 0. The molecule has 2 aromatic heterocycles. The van der Waals surface area contributed by atoms with E-state index in [0.29, 0.717) is 11.4 Å². The molecule has 0 fully saturated rings. The molecule has 0 aliphatic rings. The number of aromatic nitrogens is 2. The van der Waals surface area contributed by atoms with Crippen molar-refractivity contribution in [1.82, 2.24) is 15.0 Å². The monoisotopic (exact) mass is 455 g/mol. The topological polar surface area (TPSA) is 136 Å². The molecule has 10 heteroatoms. The Morgan fingerprint density at radius 3 is 2.50 bits per heavy atom. The van der Waals surface area contributed by atoms with E-state index in [1.165, 1.54) is 18.3 Å². The Morgan fingerprint density at radius 1 is 1.12 bits per heavy atom. The average molecular weight is 456 g/mol. The van der Waals surface area contributed by atoms with Crippen LogP contribution >= 0.6 is 0 Å². The fraction of sp³-hybridized carbons (Fsp3) is 0.227. The summed E-state index contributed by atoms with van der Waals surface area (Å²) in [4.78, 5) is 31.5. The fourth-order valence-electron chi connectivity index (χ4n) is 3.07. The van der Waals surface area contributed by atoms with Crippen molar-refractivity contribution >= 4 is 21.7 Å². The number of nitrogen functional groups attached to an aromatic ring is 1. The van der Waals surface area contributed by atoms with Crippen LogP contribution in [0.4, 0.5) is 5.82 Å². The molecule has 3 aromatic rings. The normalized spacial score (nSPS) is 11.2. The van der Waals surface area contributed by atoms with Gasteiger partial charge in [-0.25, -0.2) is 14.5 Å². The Labute approximate surface area is 186 Å². The quantitative estimate of drug-likeness (QED) is 0.471. The maximum Gasteiger partial charge on any atom is 0.275 e. The van der Waals surface area contributed by atoms with Crippen molar-refractivity contribution in [3.8, 4) is 0 Å². The lowest BCUT2D eigenvalue weighted by Gasteiger charge is -2.14. The molecule has 1 amide bonds. The summed E-state index contributed by atoms with van der Waals surface area (Å²) in [5, 5.41) is 2.72. The number of nitrogens with two attached hydrogens (primary N) is 1. The van der Waals surface area contributed by atoms with E-state index >= 15 is 0 Å². The molecule has 0 atom stereocenters. The Kier molecular flexibility index (Phi) is 6.94. The first-order chi connectivity index (χ1) is 15.2. The Hall–Kier alpha value is -3.66. The van der Waals surface area contributed by atoms with Crippen molar-refractivity contribution < 1.29 is 13.2 Å². The summed E-state index contributed by atoms with van der Waals surface area (Å²) < 4.78 is 26.3. The first-order valence-corrected chi connectivity index (χ1v) is 11.5. The number of hydrogen-bond acceptors (Lipinski definition) is 6. The van der Waals surface area contributed by atoms with Crippen LogP contribution in [0.5, 0.6) is 0 Å². The fourth-order valence-corrected chi connectivity index (χ4v) is 4.07. The number of pyridine rings is 2. The molecule has 3 rings (SSSR count). The van der Waals surface area contributed by atoms with Crippen LogP contribution in [0.25, 0.3) is 0 Å². The lowest BCUT2D eigenvalue weighted by atomic mass is 10.1. The molecule has 168 valence electrons. The molecule has 0 saturated carbocycles. The third-order valence-corrected chi connectivity index (χ3v) is 6.29. The van der Waals surface area contributed by atoms with E-state index in [0.717, 1.165) is 22.2 Å². The van der Waals surface area contributed by atoms with Crippen molar-refractivity contribution in [3.05, 3.63) is 87.5 Å². The van der Waals surface area contributed by atoms with Crippen LogP contribution in [0.15, 0.2) is 64.5 Å². The van der Waals surface area contributed by atoms with Gasteiger partial charge >= 0.3 is 0 Å².